The Labute approximate surface area is 167 Å². The summed E-state index contributed by atoms with van der Waals surface area (Å²) in [6, 6.07) is 8.73. The molecule has 0 spiro atoms. The summed E-state index contributed by atoms with van der Waals surface area (Å²) < 4.78 is 0. The van der Waals surface area contributed by atoms with Crippen molar-refractivity contribution in [2.45, 2.75) is 44.6 Å². The van der Waals surface area contributed by atoms with Crippen molar-refractivity contribution in [2.24, 2.45) is 0 Å². The minimum Gasteiger partial charge on any atom is -0.508 e. The number of thiophene rings is 1. The van der Waals surface area contributed by atoms with Crippen LogP contribution in [0.4, 0.5) is 0 Å². The zero-order chi connectivity index (χ0) is 19.4. The Morgan fingerprint density at radius 1 is 1.26 bits per heavy atom. The average molecular weight is 408 g/mol. The summed E-state index contributed by atoms with van der Waals surface area (Å²) in [5.74, 6) is -0.570. The number of nitrogens with zero attached hydrogens (tertiary/aromatic N) is 1. The Morgan fingerprint density at radius 2 is 2.07 bits per heavy atom. The van der Waals surface area contributed by atoms with Crippen LogP contribution in [0.3, 0.4) is 0 Å². The first-order valence-corrected chi connectivity index (χ1v) is 10.2. The number of carbonyl (C=O) groups is 2. The molecule has 1 amide bonds. The van der Waals surface area contributed by atoms with E-state index in [2.05, 4.69) is 0 Å². The number of carboxylic acids is 1. The lowest BCUT2D eigenvalue weighted by atomic mass is 10.1. The number of phenolic OH excluding ortho intramolecular Hbond substituents is 1. The summed E-state index contributed by atoms with van der Waals surface area (Å²) >= 11 is 7.29. The molecule has 1 aliphatic heterocycles. The maximum atomic E-state index is 12.2. The van der Waals surface area contributed by atoms with Gasteiger partial charge in [0, 0.05) is 28.9 Å². The Morgan fingerprint density at radius 3 is 2.78 bits per heavy atom. The summed E-state index contributed by atoms with van der Waals surface area (Å²) in [5, 5.41) is 19.1. The van der Waals surface area contributed by atoms with E-state index in [-0.39, 0.29) is 17.7 Å². The van der Waals surface area contributed by atoms with Gasteiger partial charge >= 0.3 is 5.97 Å². The quantitative estimate of drug-likeness (QED) is 0.681. The third-order valence-electron chi connectivity index (χ3n) is 4.87. The van der Waals surface area contributed by atoms with Crippen LogP contribution in [0.2, 0.25) is 5.02 Å². The van der Waals surface area contributed by atoms with Crippen molar-refractivity contribution in [2.75, 3.05) is 6.54 Å². The molecule has 3 rings (SSSR count). The highest BCUT2D eigenvalue weighted by Gasteiger charge is 2.30. The first-order valence-electron chi connectivity index (χ1n) is 9.02. The molecule has 0 unspecified atom stereocenters. The second kappa shape index (κ2) is 8.76. The Balaban J connectivity index is 1.51. The number of halogens is 1. The fourth-order valence-electron chi connectivity index (χ4n) is 3.57. The molecule has 144 valence electrons. The topological polar surface area (TPSA) is 77.8 Å². The van der Waals surface area contributed by atoms with Gasteiger partial charge in [-0.2, -0.15) is 0 Å². The fourth-order valence-corrected chi connectivity index (χ4v) is 4.71. The largest absolute Gasteiger partial charge is 0.508 e. The van der Waals surface area contributed by atoms with Crippen LogP contribution in [0.1, 0.15) is 45.8 Å². The summed E-state index contributed by atoms with van der Waals surface area (Å²) in [6.07, 6.45) is 4.76. The maximum absolute atomic E-state index is 12.2. The molecule has 0 aliphatic carbocycles. The molecular weight excluding hydrogens is 386 g/mol. The summed E-state index contributed by atoms with van der Waals surface area (Å²) in [6.45, 7) is 0.617. The molecule has 2 aromatic rings. The van der Waals surface area contributed by atoms with E-state index in [0.717, 1.165) is 36.1 Å². The predicted molar refractivity (Wildman–Crippen MR) is 106 cm³/mol. The van der Waals surface area contributed by atoms with Gasteiger partial charge in [0.2, 0.25) is 5.91 Å². The maximum Gasteiger partial charge on any atom is 0.345 e. The smallest absolute Gasteiger partial charge is 0.345 e. The molecule has 2 N–H and O–H groups in total. The number of aromatic carboxylic acids is 1. The lowest BCUT2D eigenvalue weighted by Gasteiger charge is -2.25. The molecule has 0 radical (unpaired) electrons. The highest BCUT2D eigenvalue weighted by molar-refractivity contribution is 7.13. The lowest BCUT2D eigenvalue weighted by Crippen LogP contribution is -2.34. The monoisotopic (exact) mass is 407 g/mol. The molecule has 1 fully saturated rings. The number of phenols is 1. The van der Waals surface area contributed by atoms with Crippen molar-refractivity contribution < 1.29 is 19.8 Å². The van der Waals surface area contributed by atoms with E-state index in [1.54, 1.807) is 12.1 Å². The minimum absolute atomic E-state index is 0.137. The molecule has 1 aromatic heterocycles. The SMILES string of the molecule is O=C(O)c1ccc(CCC[C@H]2CCC(=O)N2CCc2cc(O)cc(Cl)c2)s1. The van der Waals surface area contributed by atoms with Crippen molar-refractivity contribution >= 4 is 34.8 Å². The van der Waals surface area contributed by atoms with Crippen LogP contribution in [-0.4, -0.2) is 39.6 Å². The van der Waals surface area contributed by atoms with Crippen LogP contribution in [0, 0.1) is 0 Å². The molecule has 1 aromatic carbocycles. The molecule has 2 heterocycles. The lowest BCUT2D eigenvalue weighted by molar-refractivity contribution is -0.129. The van der Waals surface area contributed by atoms with Crippen LogP contribution >= 0.6 is 22.9 Å². The zero-order valence-corrected chi connectivity index (χ0v) is 16.4. The number of amides is 1. The van der Waals surface area contributed by atoms with Crippen LogP contribution in [0.15, 0.2) is 30.3 Å². The van der Waals surface area contributed by atoms with Gasteiger partial charge in [-0.05, 0) is 68.0 Å². The standard InChI is InChI=1S/C20H22ClNO4S/c21-14-10-13(11-16(23)12-14)8-9-22-15(4-7-19(22)24)2-1-3-17-5-6-18(27-17)20(25)26/h5-6,10-12,15,23H,1-4,7-9H2,(H,25,26)/t15-/m0/s1. The molecular formula is C20H22ClNO4S. The van der Waals surface area contributed by atoms with Crippen LogP contribution in [-0.2, 0) is 17.6 Å². The van der Waals surface area contributed by atoms with E-state index < -0.39 is 5.97 Å². The van der Waals surface area contributed by atoms with Crippen molar-refractivity contribution in [1.82, 2.24) is 4.90 Å². The van der Waals surface area contributed by atoms with Crippen molar-refractivity contribution in [3.63, 3.8) is 0 Å². The average Bonchev–Trinajstić information content (AvgIpc) is 3.20. The molecule has 0 bridgehead atoms. The second-order valence-electron chi connectivity index (χ2n) is 6.81. The van der Waals surface area contributed by atoms with Crippen LogP contribution in [0.5, 0.6) is 5.75 Å². The molecule has 1 saturated heterocycles. The van der Waals surface area contributed by atoms with Gasteiger partial charge in [-0.15, -0.1) is 11.3 Å². The first-order chi connectivity index (χ1) is 12.9. The number of carboxylic acid groups (broad SMARTS) is 1. The van der Waals surface area contributed by atoms with Gasteiger partial charge < -0.3 is 15.1 Å². The molecule has 27 heavy (non-hydrogen) atoms. The number of likely N-dealkylation sites (tertiary alicyclic amines) is 1. The van der Waals surface area contributed by atoms with E-state index in [0.29, 0.717) is 29.3 Å². The number of rotatable bonds is 8. The molecule has 7 heteroatoms. The number of hydrogen-bond acceptors (Lipinski definition) is 4. The first kappa shape index (κ1) is 19.7. The summed E-state index contributed by atoms with van der Waals surface area (Å²) in [5.41, 5.74) is 0.915. The number of hydrogen-bond donors (Lipinski definition) is 2. The number of carbonyl (C=O) groups excluding carboxylic acids is 1. The molecule has 0 saturated carbocycles. The van der Waals surface area contributed by atoms with E-state index in [1.807, 2.05) is 17.0 Å². The molecule has 1 atom stereocenters. The van der Waals surface area contributed by atoms with Gasteiger partial charge in [0.1, 0.15) is 10.6 Å². The summed E-state index contributed by atoms with van der Waals surface area (Å²) in [7, 11) is 0. The van der Waals surface area contributed by atoms with Gasteiger partial charge in [-0.3, -0.25) is 4.79 Å². The van der Waals surface area contributed by atoms with Crippen molar-refractivity contribution in [1.29, 1.82) is 0 Å². The summed E-state index contributed by atoms with van der Waals surface area (Å²) in [4.78, 5) is 26.6. The predicted octanol–water partition coefficient (Wildman–Crippen LogP) is 4.36. The van der Waals surface area contributed by atoms with Gasteiger partial charge in [0.05, 0.1) is 0 Å². The van der Waals surface area contributed by atoms with Gasteiger partial charge in [0.25, 0.3) is 0 Å². The van der Waals surface area contributed by atoms with Crippen molar-refractivity contribution in [3.8, 4) is 5.75 Å². The number of aromatic hydroxyl groups is 1. The van der Waals surface area contributed by atoms with Gasteiger partial charge in [-0.25, -0.2) is 4.79 Å². The number of aryl methyl sites for hydroxylation is 1. The van der Waals surface area contributed by atoms with Crippen LogP contribution < -0.4 is 0 Å². The van der Waals surface area contributed by atoms with Gasteiger partial charge in [0.15, 0.2) is 0 Å². The van der Waals surface area contributed by atoms with Crippen molar-refractivity contribution in [3.05, 3.63) is 50.7 Å². The Kier molecular flexibility index (Phi) is 6.39. The highest BCUT2D eigenvalue weighted by Crippen LogP contribution is 2.26. The zero-order valence-electron chi connectivity index (χ0n) is 14.9. The Hall–Kier alpha value is -2.05. The third kappa shape index (κ3) is 5.23. The second-order valence-corrected chi connectivity index (χ2v) is 8.42. The van der Waals surface area contributed by atoms with E-state index in [4.69, 9.17) is 16.7 Å². The number of benzene rings is 1. The van der Waals surface area contributed by atoms with E-state index >= 15 is 0 Å². The third-order valence-corrected chi connectivity index (χ3v) is 6.22. The minimum atomic E-state index is -0.883. The van der Waals surface area contributed by atoms with E-state index in [9.17, 15) is 14.7 Å². The van der Waals surface area contributed by atoms with Gasteiger partial charge in [-0.1, -0.05) is 11.6 Å². The Bertz CT molecular complexity index is 815. The fraction of sp³-hybridized carbons (Fsp3) is 0.400. The van der Waals surface area contributed by atoms with Crippen LogP contribution in [0.25, 0.3) is 0 Å². The molecule has 5 nitrogen and oxygen atoms in total. The molecule has 1 aliphatic rings. The van der Waals surface area contributed by atoms with E-state index in [1.165, 1.54) is 17.4 Å². The highest BCUT2D eigenvalue weighted by atomic mass is 35.5. The normalized spacial score (nSPS) is 16.9.